The van der Waals surface area contributed by atoms with Gasteiger partial charge >= 0.3 is 0 Å². The summed E-state index contributed by atoms with van der Waals surface area (Å²) in [7, 11) is 0. The maximum absolute atomic E-state index is 5.78. The van der Waals surface area contributed by atoms with Crippen LogP contribution in [0.2, 0.25) is 5.02 Å². The van der Waals surface area contributed by atoms with Crippen molar-refractivity contribution >= 4 is 11.6 Å². The third-order valence-electron chi connectivity index (χ3n) is 1.14. The number of hydrogen-bond acceptors (Lipinski definition) is 0. The van der Waals surface area contributed by atoms with E-state index in [4.69, 9.17) is 18.0 Å². The second kappa shape index (κ2) is 3.29. The highest BCUT2D eigenvalue weighted by molar-refractivity contribution is 6.31. The van der Waals surface area contributed by atoms with E-state index in [2.05, 4.69) is 5.92 Å². The smallest absolute Gasteiger partial charge is 0.0643 e. The summed E-state index contributed by atoms with van der Waals surface area (Å²) in [4.78, 5) is 0. The maximum Gasteiger partial charge on any atom is 0.0643 e. The van der Waals surface area contributed by atoms with Crippen LogP contribution in [0.1, 0.15) is 5.56 Å². The van der Waals surface area contributed by atoms with E-state index < -0.39 is 0 Å². The average molecular weight is 150 g/mol. The fourth-order valence-electron chi connectivity index (χ4n) is 0.682. The van der Waals surface area contributed by atoms with E-state index in [1.165, 1.54) is 0 Å². The lowest BCUT2D eigenvalue weighted by Gasteiger charge is -1.95. The fraction of sp³-hybridized carbons (Fsp3) is 0. The van der Waals surface area contributed by atoms with Gasteiger partial charge in [0.1, 0.15) is 0 Å². The molecule has 0 atom stereocenters. The van der Waals surface area contributed by atoms with Crippen LogP contribution in [-0.2, 0) is 0 Å². The van der Waals surface area contributed by atoms with Gasteiger partial charge < -0.3 is 0 Å². The van der Waals surface area contributed by atoms with Crippen LogP contribution in [0.25, 0.3) is 0 Å². The quantitative estimate of drug-likeness (QED) is 0.539. The van der Waals surface area contributed by atoms with Crippen LogP contribution in [0.3, 0.4) is 0 Å². The minimum absolute atomic E-state index is 0.695. The predicted molar refractivity (Wildman–Crippen MR) is 43.7 cm³/mol. The monoisotopic (exact) mass is 149 g/mol. The highest BCUT2D eigenvalue weighted by Gasteiger charge is 1.94. The first-order chi connectivity index (χ1) is 4.84. The van der Waals surface area contributed by atoms with Crippen LogP contribution >= 0.6 is 11.6 Å². The second-order valence-corrected chi connectivity index (χ2v) is 2.24. The number of halogens is 1. The molecule has 0 saturated heterocycles. The Hall–Kier alpha value is -0.930. The Balaban J connectivity index is 2.94. The molecule has 0 bridgehead atoms. The minimum Gasteiger partial charge on any atom is -0.119 e. The first-order valence-corrected chi connectivity index (χ1v) is 3.26. The van der Waals surface area contributed by atoms with Crippen molar-refractivity contribution in [1.29, 1.82) is 0 Å². The molecule has 0 aromatic heterocycles. The zero-order valence-corrected chi connectivity index (χ0v) is 6.10. The molecule has 0 N–H and O–H groups in total. The van der Waals surface area contributed by atoms with Gasteiger partial charge in [-0.2, -0.15) is 0 Å². The SMILES string of the molecule is C#C[CH]c1ccccc1Cl. The Morgan fingerprint density at radius 2 is 2.10 bits per heavy atom. The zero-order valence-electron chi connectivity index (χ0n) is 5.34. The van der Waals surface area contributed by atoms with Gasteiger partial charge in [0.05, 0.1) is 6.42 Å². The van der Waals surface area contributed by atoms with E-state index in [0.717, 1.165) is 5.56 Å². The minimum atomic E-state index is 0.695. The Kier molecular flexibility index (Phi) is 2.36. The molecule has 0 nitrogen and oxygen atoms in total. The first kappa shape index (κ1) is 7.18. The molecule has 1 radical (unpaired) electrons. The average Bonchev–Trinajstić information content (AvgIpc) is 1.94. The van der Waals surface area contributed by atoms with Crippen molar-refractivity contribution in [3.05, 3.63) is 41.3 Å². The van der Waals surface area contributed by atoms with Crippen LogP contribution in [0.5, 0.6) is 0 Å². The van der Waals surface area contributed by atoms with Crippen molar-refractivity contribution < 1.29 is 0 Å². The summed E-state index contributed by atoms with van der Waals surface area (Å²) >= 11 is 5.78. The van der Waals surface area contributed by atoms with Gasteiger partial charge in [-0.05, 0) is 11.6 Å². The van der Waals surface area contributed by atoms with Gasteiger partial charge in [-0.25, -0.2) is 0 Å². The largest absolute Gasteiger partial charge is 0.119 e. The summed E-state index contributed by atoms with van der Waals surface area (Å²) in [5.74, 6) is 2.42. The molecule has 49 valence electrons. The summed E-state index contributed by atoms with van der Waals surface area (Å²) in [6.45, 7) is 0. The topological polar surface area (TPSA) is 0 Å². The second-order valence-electron chi connectivity index (χ2n) is 1.83. The Morgan fingerprint density at radius 3 is 2.70 bits per heavy atom. The van der Waals surface area contributed by atoms with Gasteiger partial charge in [-0.1, -0.05) is 35.7 Å². The molecule has 10 heavy (non-hydrogen) atoms. The van der Waals surface area contributed by atoms with Crippen LogP contribution in [0.4, 0.5) is 0 Å². The van der Waals surface area contributed by atoms with Crippen molar-refractivity contribution in [2.45, 2.75) is 0 Å². The number of benzene rings is 1. The number of rotatable bonds is 1. The van der Waals surface area contributed by atoms with Crippen molar-refractivity contribution in [2.24, 2.45) is 0 Å². The van der Waals surface area contributed by atoms with E-state index in [1.54, 1.807) is 6.42 Å². The van der Waals surface area contributed by atoms with Crippen LogP contribution < -0.4 is 0 Å². The summed E-state index contributed by atoms with van der Waals surface area (Å²) in [6.07, 6.45) is 6.71. The normalized spacial score (nSPS) is 8.80. The summed E-state index contributed by atoms with van der Waals surface area (Å²) in [5, 5.41) is 0.695. The van der Waals surface area contributed by atoms with E-state index in [-0.39, 0.29) is 0 Å². The van der Waals surface area contributed by atoms with Crippen LogP contribution in [0, 0.1) is 18.8 Å². The highest BCUT2D eigenvalue weighted by Crippen LogP contribution is 2.15. The van der Waals surface area contributed by atoms with E-state index in [9.17, 15) is 0 Å². The van der Waals surface area contributed by atoms with Crippen LogP contribution in [0.15, 0.2) is 24.3 Å². The van der Waals surface area contributed by atoms with Gasteiger partial charge in [-0.3, -0.25) is 0 Å². The molecule has 0 aliphatic rings. The van der Waals surface area contributed by atoms with Crippen molar-refractivity contribution in [3.8, 4) is 12.3 Å². The summed E-state index contributed by atoms with van der Waals surface area (Å²) in [6, 6.07) is 7.46. The molecule has 1 aromatic carbocycles. The molecule has 0 unspecified atom stereocenters. The molecule has 1 aromatic rings. The molecule has 0 saturated carbocycles. The maximum atomic E-state index is 5.78. The molecule has 0 fully saturated rings. The van der Waals surface area contributed by atoms with Gasteiger partial charge in [0.15, 0.2) is 0 Å². The standard InChI is InChI=1S/C9H6Cl/c1-2-5-8-6-3-4-7-9(8)10/h1,3-7H. The summed E-state index contributed by atoms with van der Waals surface area (Å²) in [5.41, 5.74) is 0.895. The molecule has 0 aliphatic carbocycles. The Labute approximate surface area is 65.8 Å². The van der Waals surface area contributed by atoms with Gasteiger partial charge in [0.25, 0.3) is 0 Å². The van der Waals surface area contributed by atoms with Gasteiger partial charge in [0, 0.05) is 5.02 Å². The molecule has 0 aliphatic heterocycles. The van der Waals surface area contributed by atoms with Crippen LogP contribution in [-0.4, -0.2) is 0 Å². The van der Waals surface area contributed by atoms with Crippen molar-refractivity contribution in [2.75, 3.05) is 0 Å². The fourth-order valence-corrected chi connectivity index (χ4v) is 0.872. The molecule has 1 heteroatoms. The summed E-state index contributed by atoms with van der Waals surface area (Å²) < 4.78 is 0. The van der Waals surface area contributed by atoms with E-state index in [0.29, 0.717) is 5.02 Å². The molecule has 0 spiro atoms. The lowest BCUT2D eigenvalue weighted by atomic mass is 10.2. The zero-order chi connectivity index (χ0) is 7.40. The number of hydrogen-bond donors (Lipinski definition) is 0. The molecule has 0 heterocycles. The molecule has 1 rings (SSSR count). The molecule has 0 amide bonds. The Bertz CT molecular complexity index is 258. The van der Waals surface area contributed by atoms with Crippen molar-refractivity contribution in [1.82, 2.24) is 0 Å². The van der Waals surface area contributed by atoms with Gasteiger partial charge in [0.2, 0.25) is 0 Å². The molecular weight excluding hydrogens is 144 g/mol. The van der Waals surface area contributed by atoms with E-state index in [1.807, 2.05) is 24.3 Å². The lowest BCUT2D eigenvalue weighted by molar-refractivity contribution is 1.55. The molecular formula is C9H6Cl. The Morgan fingerprint density at radius 1 is 1.40 bits per heavy atom. The van der Waals surface area contributed by atoms with E-state index >= 15 is 0 Å². The third kappa shape index (κ3) is 1.52. The van der Waals surface area contributed by atoms with Gasteiger partial charge in [-0.15, -0.1) is 6.42 Å². The highest BCUT2D eigenvalue weighted by atomic mass is 35.5. The number of terminal acetylenes is 1. The lowest BCUT2D eigenvalue weighted by Crippen LogP contribution is -1.77. The van der Waals surface area contributed by atoms with Crippen molar-refractivity contribution in [3.63, 3.8) is 0 Å². The third-order valence-corrected chi connectivity index (χ3v) is 1.49. The predicted octanol–water partition coefficient (Wildman–Crippen LogP) is 2.53. The first-order valence-electron chi connectivity index (χ1n) is 2.88.